The highest BCUT2D eigenvalue weighted by Gasteiger charge is 2.13. The van der Waals surface area contributed by atoms with Crippen molar-refractivity contribution in [2.75, 3.05) is 19.8 Å². The second-order valence-electron chi connectivity index (χ2n) is 5.38. The predicted octanol–water partition coefficient (Wildman–Crippen LogP) is 1.74. The zero-order valence-electron chi connectivity index (χ0n) is 12.5. The van der Waals surface area contributed by atoms with Crippen LogP contribution in [0.5, 0.6) is 0 Å². The molecule has 1 aromatic rings. The van der Waals surface area contributed by atoms with Gasteiger partial charge in [0.1, 0.15) is 0 Å². The third-order valence-electron chi connectivity index (χ3n) is 3.02. The largest absolute Gasteiger partial charge is 0.380 e. The number of nitrogens with one attached hydrogen (secondary N) is 1. The van der Waals surface area contributed by atoms with Gasteiger partial charge in [-0.15, -0.1) is 0 Å². The molecule has 0 spiro atoms. The minimum Gasteiger partial charge on any atom is -0.380 e. The highest BCUT2D eigenvalue weighted by atomic mass is 16.5. The van der Waals surface area contributed by atoms with Crippen molar-refractivity contribution in [2.45, 2.75) is 32.7 Å². The van der Waals surface area contributed by atoms with Crippen LogP contribution >= 0.6 is 0 Å². The first-order valence-corrected chi connectivity index (χ1v) is 7.24. The smallest absolute Gasteiger partial charge is 0.237 e. The Morgan fingerprint density at radius 1 is 1.25 bits per heavy atom. The van der Waals surface area contributed by atoms with E-state index in [1.54, 1.807) is 0 Å². The van der Waals surface area contributed by atoms with E-state index >= 15 is 0 Å². The first-order valence-electron chi connectivity index (χ1n) is 7.24. The zero-order chi connectivity index (χ0) is 14.8. The number of ether oxygens (including phenoxy) is 1. The van der Waals surface area contributed by atoms with E-state index in [9.17, 15) is 4.79 Å². The Morgan fingerprint density at radius 2 is 1.95 bits per heavy atom. The van der Waals surface area contributed by atoms with Gasteiger partial charge in [-0.1, -0.05) is 44.2 Å². The van der Waals surface area contributed by atoms with Gasteiger partial charge in [-0.2, -0.15) is 0 Å². The van der Waals surface area contributed by atoms with Gasteiger partial charge >= 0.3 is 0 Å². The van der Waals surface area contributed by atoms with E-state index in [0.717, 1.165) is 18.6 Å². The highest BCUT2D eigenvalue weighted by molar-refractivity contribution is 5.81. The lowest BCUT2D eigenvalue weighted by Gasteiger charge is -2.12. The van der Waals surface area contributed by atoms with Crippen molar-refractivity contribution in [3.8, 4) is 0 Å². The number of carbonyl (C=O) groups is 1. The Morgan fingerprint density at radius 3 is 2.60 bits per heavy atom. The maximum atomic E-state index is 11.8. The molecule has 112 valence electrons. The summed E-state index contributed by atoms with van der Waals surface area (Å²) in [5.74, 6) is 0.519. The summed E-state index contributed by atoms with van der Waals surface area (Å²) in [5, 5.41) is 2.80. The van der Waals surface area contributed by atoms with E-state index in [1.807, 2.05) is 30.3 Å². The SMILES string of the molecule is CC(C)CCOCCNC(=O)C(N)Cc1ccccc1. The lowest BCUT2D eigenvalue weighted by Crippen LogP contribution is -2.43. The molecular formula is C16H26N2O2. The van der Waals surface area contributed by atoms with Crippen molar-refractivity contribution in [1.29, 1.82) is 0 Å². The van der Waals surface area contributed by atoms with Crippen LogP contribution in [-0.2, 0) is 16.0 Å². The summed E-state index contributed by atoms with van der Waals surface area (Å²) < 4.78 is 5.44. The Balaban J connectivity index is 2.13. The molecule has 1 amide bonds. The Hall–Kier alpha value is -1.39. The average molecular weight is 278 g/mol. The topological polar surface area (TPSA) is 64.3 Å². The van der Waals surface area contributed by atoms with Crippen LogP contribution in [0, 0.1) is 5.92 Å². The van der Waals surface area contributed by atoms with Crippen molar-refractivity contribution in [3.63, 3.8) is 0 Å². The van der Waals surface area contributed by atoms with Crippen LogP contribution in [0.25, 0.3) is 0 Å². The van der Waals surface area contributed by atoms with E-state index in [4.69, 9.17) is 10.5 Å². The summed E-state index contributed by atoms with van der Waals surface area (Å²) in [6.45, 7) is 6.11. The van der Waals surface area contributed by atoms with Gasteiger partial charge in [-0.3, -0.25) is 4.79 Å². The van der Waals surface area contributed by atoms with Crippen molar-refractivity contribution in [1.82, 2.24) is 5.32 Å². The first kappa shape index (κ1) is 16.7. The van der Waals surface area contributed by atoms with Gasteiger partial charge in [-0.05, 0) is 24.3 Å². The molecule has 0 saturated carbocycles. The molecule has 0 radical (unpaired) electrons. The maximum absolute atomic E-state index is 11.8. The third-order valence-corrected chi connectivity index (χ3v) is 3.02. The summed E-state index contributed by atoms with van der Waals surface area (Å²) >= 11 is 0. The van der Waals surface area contributed by atoms with Gasteiger partial charge in [0, 0.05) is 13.2 Å². The van der Waals surface area contributed by atoms with E-state index in [1.165, 1.54) is 0 Å². The molecule has 1 unspecified atom stereocenters. The predicted molar refractivity (Wildman–Crippen MR) is 81.4 cm³/mol. The molecule has 3 N–H and O–H groups in total. The molecule has 0 aromatic heterocycles. The number of hydrogen-bond acceptors (Lipinski definition) is 3. The lowest BCUT2D eigenvalue weighted by molar-refractivity contribution is -0.122. The van der Waals surface area contributed by atoms with Crippen molar-refractivity contribution < 1.29 is 9.53 Å². The average Bonchev–Trinajstić information content (AvgIpc) is 2.43. The van der Waals surface area contributed by atoms with Crippen molar-refractivity contribution in [3.05, 3.63) is 35.9 Å². The molecule has 1 aromatic carbocycles. The molecule has 0 aliphatic carbocycles. The monoisotopic (exact) mass is 278 g/mol. The Bertz CT molecular complexity index is 379. The zero-order valence-corrected chi connectivity index (χ0v) is 12.5. The normalized spacial score (nSPS) is 12.4. The van der Waals surface area contributed by atoms with E-state index in [2.05, 4.69) is 19.2 Å². The summed E-state index contributed by atoms with van der Waals surface area (Å²) in [5.41, 5.74) is 6.95. The van der Waals surface area contributed by atoms with Crippen LogP contribution in [0.1, 0.15) is 25.8 Å². The summed E-state index contributed by atoms with van der Waals surface area (Å²) in [4.78, 5) is 11.8. The number of rotatable bonds is 9. The number of amides is 1. The number of nitrogens with two attached hydrogens (primary N) is 1. The molecule has 0 saturated heterocycles. The second-order valence-corrected chi connectivity index (χ2v) is 5.38. The molecular weight excluding hydrogens is 252 g/mol. The van der Waals surface area contributed by atoms with E-state index in [-0.39, 0.29) is 5.91 Å². The standard InChI is InChI=1S/C16H26N2O2/c1-13(2)8-10-20-11-9-18-16(19)15(17)12-14-6-4-3-5-7-14/h3-7,13,15H,8-12,17H2,1-2H3,(H,18,19). The molecule has 0 aliphatic heterocycles. The minimum atomic E-state index is -0.506. The van der Waals surface area contributed by atoms with Crippen LogP contribution in [0.2, 0.25) is 0 Å². The van der Waals surface area contributed by atoms with Gasteiger partial charge in [-0.25, -0.2) is 0 Å². The first-order chi connectivity index (χ1) is 9.59. The van der Waals surface area contributed by atoms with Crippen LogP contribution < -0.4 is 11.1 Å². The van der Waals surface area contributed by atoms with Gasteiger partial charge < -0.3 is 15.8 Å². The fourth-order valence-corrected chi connectivity index (χ4v) is 1.76. The van der Waals surface area contributed by atoms with Gasteiger partial charge in [0.15, 0.2) is 0 Å². The van der Waals surface area contributed by atoms with Gasteiger partial charge in [0.25, 0.3) is 0 Å². The summed E-state index contributed by atoms with van der Waals surface area (Å²) in [7, 11) is 0. The van der Waals surface area contributed by atoms with E-state index < -0.39 is 6.04 Å². The number of hydrogen-bond donors (Lipinski definition) is 2. The molecule has 4 heteroatoms. The Labute approximate surface area is 121 Å². The van der Waals surface area contributed by atoms with Gasteiger partial charge in [0.05, 0.1) is 12.6 Å². The third kappa shape index (κ3) is 7.26. The molecule has 4 nitrogen and oxygen atoms in total. The summed E-state index contributed by atoms with van der Waals surface area (Å²) in [6.07, 6.45) is 1.60. The van der Waals surface area contributed by atoms with Crippen LogP contribution in [-0.4, -0.2) is 31.7 Å². The summed E-state index contributed by atoms with van der Waals surface area (Å²) in [6, 6.07) is 9.28. The fourth-order valence-electron chi connectivity index (χ4n) is 1.76. The molecule has 1 rings (SSSR count). The number of benzene rings is 1. The van der Waals surface area contributed by atoms with Crippen molar-refractivity contribution >= 4 is 5.91 Å². The van der Waals surface area contributed by atoms with E-state index in [0.29, 0.717) is 25.5 Å². The highest BCUT2D eigenvalue weighted by Crippen LogP contribution is 2.02. The molecule has 1 atom stereocenters. The van der Waals surface area contributed by atoms with Crippen LogP contribution in [0.4, 0.5) is 0 Å². The quantitative estimate of drug-likeness (QED) is 0.676. The fraction of sp³-hybridized carbons (Fsp3) is 0.562. The molecule has 0 heterocycles. The van der Waals surface area contributed by atoms with Crippen LogP contribution in [0.3, 0.4) is 0 Å². The minimum absolute atomic E-state index is 0.124. The van der Waals surface area contributed by atoms with Crippen molar-refractivity contribution in [2.24, 2.45) is 11.7 Å². The molecule has 20 heavy (non-hydrogen) atoms. The Kier molecular flexibility index (Phi) is 7.92. The molecule has 0 bridgehead atoms. The lowest BCUT2D eigenvalue weighted by atomic mass is 10.1. The van der Waals surface area contributed by atoms with Gasteiger partial charge in [0.2, 0.25) is 5.91 Å². The number of carbonyl (C=O) groups excluding carboxylic acids is 1. The second kappa shape index (κ2) is 9.50. The molecule has 0 fully saturated rings. The molecule has 0 aliphatic rings. The maximum Gasteiger partial charge on any atom is 0.237 e. The van der Waals surface area contributed by atoms with Crippen LogP contribution in [0.15, 0.2) is 30.3 Å².